The molecule has 1 rings (SSSR count). The van der Waals surface area contributed by atoms with Crippen LogP contribution >= 0.6 is 0 Å². The number of nitrogens with one attached hydrogen (secondary N) is 1. The van der Waals surface area contributed by atoms with Crippen LogP contribution in [0.15, 0.2) is 0 Å². The van der Waals surface area contributed by atoms with E-state index in [1.807, 2.05) is 0 Å². The quantitative estimate of drug-likeness (QED) is 0.815. The van der Waals surface area contributed by atoms with E-state index in [9.17, 15) is 4.79 Å². The Balaban J connectivity index is 0.000000397. The lowest BCUT2D eigenvalue weighted by Gasteiger charge is -2.30. The molecule has 1 atom stereocenters. The summed E-state index contributed by atoms with van der Waals surface area (Å²) in [6, 6.07) is 0.216. The molecule has 0 bridgehead atoms. The van der Waals surface area contributed by atoms with Crippen LogP contribution in [0.4, 0.5) is 0 Å². The monoisotopic (exact) mass is 256 g/mol. The maximum atomic E-state index is 11.0. The van der Waals surface area contributed by atoms with Crippen molar-refractivity contribution in [1.82, 2.24) is 5.32 Å². The summed E-state index contributed by atoms with van der Waals surface area (Å²) >= 11 is 0. The Morgan fingerprint density at radius 3 is 2.06 bits per heavy atom. The van der Waals surface area contributed by atoms with Crippen LogP contribution in [-0.2, 0) is 4.79 Å². The third-order valence-corrected chi connectivity index (χ3v) is 3.62. The van der Waals surface area contributed by atoms with Crippen molar-refractivity contribution < 1.29 is 4.79 Å². The Labute approximate surface area is 113 Å². The Hall–Kier alpha value is -0.570. The van der Waals surface area contributed by atoms with Gasteiger partial charge in [0.15, 0.2) is 0 Å². The second-order valence-corrected chi connectivity index (χ2v) is 6.49. The first kappa shape index (κ1) is 17.4. The van der Waals surface area contributed by atoms with Gasteiger partial charge in [-0.3, -0.25) is 4.79 Å². The summed E-state index contributed by atoms with van der Waals surface area (Å²) in [4.78, 5) is 11.0. The molecule has 1 aliphatic carbocycles. The third kappa shape index (κ3) is 7.70. The van der Waals surface area contributed by atoms with Gasteiger partial charge in [0.2, 0.25) is 5.91 Å². The molecule has 0 aromatic heterocycles. The molecule has 3 nitrogen and oxygen atoms in total. The van der Waals surface area contributed by atoms with Crippen LogP contribution in [0.5, 0.6) is 0 Å². The normalized spacial score (nSPS) is 17.9. The van der Waals surface area contributed by atoms with Crippen LogP contribution in [0.3, 0.4) is 0 Å². The van der Waals surface area contributed by atoms with E-state index in [1.54, 1.807) is 0 Å². The summed E-state index contributed by atoms with van der Waals surface area (Å²) in [6.07, 6.45) is 6.89. The van der Waals surface area contributed by atoms with Gasteiger partial charge < -0.3 is 11.1 Å². The van der Waals surface area contributed by atoms with Gasteiger partial charge in [0.1, 0.15) is 0 Å². The van der Waals surface area contributed by atoms with E-state index < -0.39 is 0 Å². The fourth-order valence-corrected chi connectivity index (χ4v) is 2.31. The lowest BCUT2D eigenvalue weighted by atomic mass is 9.85. The molecular formula is C15H32N2O. The van der Waals surface area contributed by atoms with Crippen molar-refractivity contribution in [2.45, 2.75) is 72.8 Å². The van der Waals surface area contributed by atoms with Crippen molar-refractivity contribution in [2.75, 3.05) is 6.54 Å². The van der Waals surface area contributed by atoms with Gasteiger partial charge in [-0.25, -0.2) is 0 Å². The molecule has 1 fully saturated rings. The lowest BCUT2D eigenvalue weighted by molar-refractivity contribution is -0.121. The van der Waals surface area contributed by atoms with Crippen molar-refractivity contribution in [3.63, 3.8) is 0 Å². The molecule has 0 spiro atoms. The molecule has 3 heteroatoms. The van der Waals surface area contributed by atoms with Crippen molar-refractivity contribution >= 4 is 5.91 Å². The van der Waals surface area contributed by atoms with E-state index in [2.05, 4.69) is 39.9 Å². The van der Waals surface area contributed by atoms with Crippen LogP contribution in [0.1, 0.15) is 66.7 Å². The average molecular weight is 256 g/mol. The van der Waals surface area contributed by atoms with E-state index in [4.69, 9.17) is 5.73 Å². The molecule has 3 N–H and O–H groups in total. The molecule has 18 heavy (non-hydrogen) atoms. The van der Waals surface area contributed by atoms with Gasteiger partial charge in [-0.2, -0.15) is 0 Å². The molecule has 0 aromatic rings. The number of hydrogen-bond acceptors (Lipinski definition) is 2. The molecule has 108 valence electrons. The Kier molecular flexibility index (Phi) is 8.25. The topological polar surface area (TPSA) is 55.1 Å². The molecular weight excluding hydrogens is 224 g/mol. The summed E-state index contributed by atoms with van der Waals surface area (Å²) in [6.45, 7) is 10.8. The third-order valence-electron chi connectivity index (χ3n) is 3.62. The smallest absolute Gasteiger partial charge is 0.233 e. The zero-order valence-electron chi connectivity index (χ0n) is 12.9. The van der Waals surface area contributed by atoms with Crippen molar-refractivity contribution in [1.29, 1.82) is 0 Å². The van der Waals surface area contributed by atoms with E-state index in [0.717, 1.165) is 12.3 Å². The van der Waals surface area contributed by atoms with Gasteiger partial charge in [-0.1, -0.05) is 60.3 Å². The predicted octanol–water partition coefficient (Wildman–Crippen LogP) is 3.08. The van der Waals surface area contributed by atoms with E-state index in [1.165, 1.54) is 25.7 Å². The number of carbonyl (C=O) groups is 1. The minimum Gasteiger partial charge on any atom is -0.352 e. The van der Waals surface area contributed by atoms with Gasteiger partial charge >= 0.3 is 0 Å². The predicted molar refractivity (Wildman–Crippen MR) is 78.4 cm³/mol. The highest BCUT2D eigenvalue weighted by atomic mass is 16.1. The van der Waals surface area contributed by atoms with Crippen LogP contribution < -0.4 is 11.1 Å². The van der Waals surface area contributed by atoms with Crippen LogP contribution in [0.2, 0.25) is 0 Å². The first-order valence-corrected chi connectivity index (χ1v) is 7.30. The van der Waals surface area contributed by atoms with Crippen molar-refractivity contribution in [3.05, 3.63) is 0 Å². The number of rotatable bonds is 3. The van der Waals surface area contributed by atoms with Gasteiger partial charge in [0, 0.05) is 6.04 Å². The van der Waals surface area contributed by atoms with Crippen molar-refractivity contribution in [2.24, 2.45) is 17.1 Å². The summed E-state index contributed by atoms with van der Waals surface area (Å²) in [5.41, 5.74) is 5.32. The number of hydrogen-bond donors (Lipinski definition) is 2. The summed E-state index contributed by atoms with van der Waals surface area (Å²) in [7, 11) is 0. The van der Waals surface area contributed by atoms with Gasteiger partial charge in [-0.05, 0) is 17.8 Å². The molecule has 0 aliphatic heterocycles. The standard InChI is InChI=1S/C9H20N2O.C6H12/c1-5-7(9(2,3)4)11-8(12)6-10;1-6-4-2-3-5-6/h7H,5-6,10H2,1-4H3,(H,11,12);6H,2-5H2,1H3. The van der Waals surface area contributed by atoms with E-state index in [-0.39, 0.29) is 23.9 Å². The molecule has 0 saturated heterocycles. The van der Waals surface area contributed by atoms with Crippen LogP contribution in [-0.4, -0.2) is 18.5 Å². The largest absolute Gasteiger partial charge is 0.352 e. The number of carbonyl (C=O) groups excluding carboxylic acids is 1. The van der Waals surface area contributed by atoms with Gasteiger partial charge in [-0.15, -0.1) is 0 Å². The minimum absolute atomic E-state index is 0.0724. The Morgan fingerprint density at radius 1 is 1.33 bits per heavy atom. The highest BCUT2D eigenvalue weighted by Gasteiger charge is 2.23. The Morgan fingerprint density at radius 2 is 1.83 bits per heavy atom. The lowest BCUT2D eigenvalue weighted by Crippen LogP contribution is -2.45. The summed E-state index contributed by atoms with van der Waals surface area (Å²) in [5.74, 6) is 0.974. The fourth-order valence-electron chi connectivity index (χ4n) is 2.31. The highest BCUT2D eigenvalue weighted by Crippen LogP contribution is 2.23. The summed E-state index contributed by atoms with van der Waals surface area (Å²) in [5, 5.41) is 2.89. The minimum atomic E-state index is -0.0724. The maximum Gasteiger partial charge on any atom is 0.233 e. The molecule has 0 aromatic carbocycles. The Bertz CT molecular complexity index is 227. The average Bonchev–Trinajstić information content (AvgIpc) is 2.75. The van der Waals surface area contributed by atoms with Crippen LogP contribution in [0, 0.1) is 11.3 Å². The first-order chi connectivity index (χ1) is 8.31. The van der Waals surface area contributed by atoms with Gasteiger partial charge in [0.05, 0.1) is 6.54 Å². The number of nitrogens with two attached hydrogens (primary N) is 1. The van der Waals surface area contributed by atoms with Crippen LogP contribution in [0.25, 0.3) is 0 Å². The molecule has 1 saturated carbocycles. The summed E-state index contributed by atoms with van der Waals surface area (Å²) < 4.78 is 0. The molecule has 0 heterocycles. The maximum absolute atomic E-state index is 11.0. The highest BCUT2D eigenvalue weighted by molar-refractivity contribution is 5.78. The number of amides is 1. The molecule has 1 unspecified atom stereocenters. The second-order valence-electron chi connectivity index (χ2n) is 6.49. The zero-order chi connectivity index (χ0) is 14.2. The molecule has 1 aliphatic rings. The fraction of sp³-hybridized carbons (Fsp3) is 0.933. The van der Waals surface area contributed by atoms with Crippen molar-refractivity contribution in [3.8, 4) is 0 Å². The first-order valence-electron chi connectivity index (χ1n) is 7.30. The molecule has 0 radical (unpaired) electrons. The zero-order valence-corrected chi connectivity index (χ0v) is 12.9. The van der Waals surface area contributed by atoms with E-state index in [0.29, 0.717) is 0 Å². The molecule has 1 amide bonds. The van der Waals surface area contributed by atoms with E-state index >= 15 is 0 Å². The SMILES string of the molecule is CC1CCCC1.CCC(NC(=O)CN)C(C)(C)C. The second kappa shape index (κ2) is 8.52. The van der Waals surface area contributed by atoms with Gasteiger partial charge in [0.25, 0.3) is 0 Å².